The lowest BCUT2D eigenvalue weighted by Gasteiger charge is -2.47. The number of aliphatic imine (C=N–C) groups is 1. The smallest absolute Gasteiger partial charge is 0.143 e. The maximum absolute atomic E-state index is 14.1. The van der Waals surface area contributed by atoms with Gasteiger partial charge in [0.05, 0.1) is 36.8 Å². The maximum atomic E-state index is 14.1. The van der Waals surface area contributed by atoms with E-state index in [4.69, 9.17) is 10.5 Å². The minimum atomic E-state index is -0.325. The molecule has 1 aromatic rings. The second-order valence-corrected chi connectivity index (χ2v) is 9.70. The van der Waals surface area contributed by atoms with E-state index in [9.17, 15) is 4.39 Å². The van der Waals surface area contributed by atoms with Crippen molar-refractivity contribution >= 4 is 17.5 Å². The standard InChI is InChI=1S/C23H33FN6O/c1-28-15-23(16-28)3-2-20(9-23)29-4-6-30(7-5-29)21-8-18(24)12-27-22(21)17(10-25)11-26-19-13-31-14-19/h8,10-12,19-20H,2-7,9,13-16,25H2,1H3/b17-10+,26-11?. The van der Waals surface area contributed by atoms with Gasteiger partial charge < -0.3 is 20.3 Å². The lowest BCUT2D eigenvalue weighted by Crippen LogP contribution is -2.54. The molecule has 1 unspecified atom stereocenters. The molecule has 31 heavy (non-hydrogen) atoms. The highest BCUT2D eigenvalue weighted by molar-refractivity contribution is 6.11. The van der Waals surface area contributed by atoms with Crippen LogP contribution in [0.2, 0.25) is 0 Å². The third kappa shape index (κ3) is 4.21. The average molecular weight is 429 g/mol. The molecular weight excluding hydrogens is 395 g/mol. The SMILES string of the molecule is CN1CC2(CCC(N3CCN(c4cc(F)cnc4/C(C=NC4COC4)=C/N)CC3)C2)C1. The molecule has 4 heterocycles. The number of hydrogen-bond donors (Lipinski definition) is 1. The van der Waals surface area contributed by atoms with Crippen molar-refractivity contribution in [3.05, 3.63) is 30.0 Å². The number of anilines is 1. The molecule has 0 amide bonds. The van der Waals surface area contributed by atoms with Crippen LogP contribution in [0.4, 0.5) is 10.1 Å². The van der Waals surface area contributed by atoms with Crippen LogP contribution in [0.25, 0.3) is 5.57 Å². The van der Waals surface area contributed by atoms with Crippen molar-refractivity contribution in [1.29, 1.82) is 0 Å². The van der Waals surface area contributed by atoms with E-state index in [1.54, 1.807) is 12.3 Å². The Kier molecular flexibility index (Phi) is 5.71. The maximum Gasteiger partial charge on any atom is 0.143 e. The van der Waals surface area contributed by atoms with E-state index < -0.39 is 0 Å². The molecule has 2 N–H and O–H groups in total. The van der Waals surface area contributed by atoms with Gasteiger partial charge in [-0.3, -0.25) is 14.9 Å². The van der Waals surface area contributed by atoms with Crippen molar-refractivity contribution in [1.82, 2.24) is 14.8 Å². The van der Waals surface area contributed by atoms with Crippen molar-refractivity contribution in [3.8, 4) is 0 Å². The minimum absolute atomic E-state index is 0.174. The van der Waals surface area contributed by atoms with E-state index in [2.05, 4.69) is 31.7 Å². The molecule has 3 aliphatic heterocycles. The molecular formula is C23H33FN6O. The predicted molar refractivity (Wildman–Crippen MR) is 121 cm³/mol. The molecule has 1 saturated carbocycles. The number of pyridine rings is 1. The summed E-state index contributed by atoms with van der Waals surface area (Å²) in [7, 11) is 2.22. The minimum Gasteiger partial charge on any atom is -0.404 e. The Hall–Kier alpha value is -2.03. The second-order valence-electron chi connectivity index (χ2n) is 9.70. The highest BCUT2D eigenvalue weighted by Gasteiger charge is 2.48. The van der Waals surface area contributed by atoms with E-state index in [-0.39, 0.29) is 11.9 Å². The van der Waals surface area contributed by atoms with E-state index in [1.807, 2.05) is 0 Å². The van der Waals surface area contributed by atoms with Crippen LogP contribution in [-0.4, -0.2) is 92.6 Å². The summed E-state index contributed by atoms with van der Waals surface area (Å²) in [5, 5.41) is 0. The van der Waals surface area contributed by atoms with Crippen molar-refractivity contribution in [3.63, 3.8) is 0 Å². The normalized spacial score (nSPS) is 27.7. The molecule has 0 radical (unpaired) electrons. The Bertz CT molecular complexity index is 856. The van der Waals surface area contributed by atoms with Gasteiger partial charge in [0.1, 0.15) is 5.82 Å². The fourth-order valence-corrected chi connectivity index (χ4v) is 5.77. The summed E-state index contributed by atoms with van der Waals surface area (Å²) >= 11 is 0. The summed E-state index contributed by atoms with van der Waals surface area (Å²) in [5.74, 6) is -0.325. The van der Waals surface area contributed by atoms with Crippen molar-refractivity contribution in [2.75, 3.05) is 64.4 Å². The number of hydrogen-bond acceptors (Lipinski definition) is 7. The van der Waals surface area contributed by atoms with Crippen LogP contribution in [0.3, 0.4) is 0 Å². The number of likely N-dealkylation sites (tertiary alicyclic amines) is 1. The van der Waals surface area contributed by atoms with Gasteiger partial charge in [-0.15, -0.1) is 0 Å². The van der Waals surface area contributed by atoms with E-state index in [0.717, 1.165) is 37.4 Å². The van der Waals surface area contributed by atoms with Gasteiger partial charge in [0.2, 0.25) is 0 Å². The fourth-order valence-electron chi connectivity index (χ4n) is 5.77. The molecule has 168 valence electrons. The Labute approximate surface area is 183 Å². The number of nitrogens with zero attached hydrogens (tertiary/aromatic N) is 5. The molecule has 1 aliphatic carbocycles. The third-order valence-corrected chi connectivity index (χ3v) is 7.39. The fraction of sp³-hybridized carbons (Fsp3) is 0.652. The average Bonchev–Trinajstić information content (AvgIpc) is 3.15. The van der Waals surface area contributed by atoms with Crippen LogP contribution in [0.1, 0.15) is 25.0 Å². The van der Waals surface area contributed by atoms with Crippen molar-refractivity contribution in [2.45, 2.75) is 31.3 Å². The summed E-state index contributed by atoms with van der Waals surface area (Å²) in [6.07, 6.45) is 8.51. The van der Waals surface area contributed by atoms with Gasteiger partial charge in [0, 0.05) is 69.4 Å². The second kappa shape index (κ2) is 8.48. The monoisotopic (exact) mass is 428 g/mol. The van der Waals surface area contributed by atoms with Gasteiger partial charge in [0.25, 0.3) is 0 Å². The molecule has 8 heteroatoms. The van der Waals surface area contributed by atoms with Gasteiger partial charge in [-0.05, 0) is 31.7 Å². The van der Waals surface area contributed by atoms with Crippen molar-refractivity contribution < 1.29 is 9.13 Å². The van der Waals surface area contributed by atoms with Gasteiger partial charge in [-0.25, -0.2) is 4.39 Å². The summed E-state index contributed by atoms with van der Waals surface area (Å²) in [4.78, 5) is 16.2. The van der Waals surface area contributed by atoms with Crippen LogP contribution >= 0.6 is 0 Å². The zero-order chi connectivity index (χ0) is 21.4. The largest absolute Gasteiger partial charge is 0.404 e. The Balaban J connectivity index is 1.26. The lowest BCUT2D eigenvalue weighted by atomic mass is 9.78. The van der Waals surface area contributed by atoms with Gasteiger partial charge >= 0.3 is 0 Å². The number of piperazine rings is 1. The molecule has 1 atom stereocenters. The van der Waals surface area contributed by atoms with Crippen molar-refractivity contribution in [2.24, 2.45) is 16.1 Å². The Morgan fingerprint density at radius 2 is 2.06 bits per heavy atom. The topological polar surface area (TPSA) is 70.2 Å². The zero-order valence-corrected chi connectivity index (χ0v) is 18.3. The van der Waals surface area contributed by atoms with Crippen LogP contribution in [0.15, 0.2) is 23.5 Å². The number of ether oxygens (including phenoxy) is 1. The molecule has 1 spiro atoms. The Morgan fingerprint density at radius 3 is 2.71 bits per heavy atom. The molecule has 7 nitrogen and oxygen atoms in total. The van der Waals surface area contributed by atoms with Crippen LogP contribution in [0.5, 0.6) is 0 Å². The highest BCUT2D eigenvalue weighted by atomic mass is 19.1. The van der Waals surface area contributed by atoms with Crippen LogP contribution in [-0.2, 0) is 4.74 Å². The number of allylic oxidation sites excluding steroid dienone is 1. The molecule has 0 bridgehead atoms. The van der Waals surface area contributed by atoms with Gasteiger partial charge in [-0.1, -0.05) is 0 Å². The number of aromatic nitrogens is 1. The first-order chi connectivity index (χ1) is 15.0. The first-order valence-electron chi connectivity index (χ1n) is 11.4. The van der Waals surface area contributed by atoms with E-state index >= 15 is 0 Å². The van der Waals surface area contributed by atoms with Crippen LogP contribution in [0, 0.1) is 11.2 Å². The molecule has 3 saturated heterocycles. The summed E-state index contributed by atoms with van der Waals surface area (Å²) in [5.41, 5.74) is 8.68. The number of rotatable bonds is 5. The summed E-state index contributed by atoms with van der Waals surface area (Å²) < 4.78 is 19.3. The van der Waals surface area contributed by atoms with E-state index in [1.165, 1.54) is 44.7 Å². The summed E-state index contributed by atoms with van der Waals surface area (Å²) in [6, 6.07) is 2.45. The zero-order valence-electron chi connectivity index (χ0n) is 18.3. The highest BCUT2D eigenvalue weighted by Crippen LogP contribution is 2.46. The first-order valence-corrected chi connectivity index (χ1v) is 11.4. The van der Waals surface area contributed by atoms with Gasteiger partial charge in [-0.2, -0.15) is 0 Å². The molecule has 4 fully saturated rings. The number of nitrogens with two attached hydrogens (primary N) is 1. The molecule has 0 aromatic carbocycles. The molecule has 1 aromatic heterocycles. The quantitative estimate of drug-likeness (QED) is 0.719. The van der Waals surface area contributed by atoms with Gasteiger partial charge in [0.15, 0.2) is 0 Å². The molecule has 4 aliphatic rings. The first kappa shape index (κ1) is 20.8. The Morgan fingerprint density at radius 1 is 1.29 bits per heavy atom. The lowest BCUT2D eigenvalue weighted by molar-refractivity contribution is 0.0136. The number of halogens is 1. The van der Waals surface area contributed by atoms with E-state index in [0.29, 0.717) is 30.4 Å². The summed E-state index contributed by atoms with van der Waals surface area (Å²) in [6.45, 7) is 7.52. The third-order valence-electron chi connectivity index (χ3n) is 7.39. The molecule has 5 rings (SSSR count). The predicted octanol–water partition coefficient (Wildman–Crippen LogP) is 1.60. The van der Waals surface area contributed by atoms with Crippen LogP contribution < -0.4 is 10.6 Å².